The molecule has 0 radical (unpaired) electrons. The summed E-state index contributed by atoms with van der Waals surface area (Å²) in [6.45, 7) is 7.00. The van der Waals surface area contributed by atoms with Crippen molar-refractivity contribution >= 4 is 5.97 Å². The first kappa shape index (κ1) is 25.4. The van der Waals surface area contributed by atoms with Gasteiger partial charge in [-0.3, -0.25) is 0 Å². The molecule has 0 fully saturated rings. The molecule has 0 bridgehead atoms. The van der Waals surface area contributed by atoms with Gasteiger partial charge in [-0.15, -0.1) is 0 Å². The first-order chi connectivity index (χ1) is 16.5. The van der Waals surface area contributed by atoms with Gasteiger partial charge in [0.05, 0.1) is 6.61 Å². The highest BCUT2D eigenvalue weighted by atomic mass is 16.5. The van der Waals surface area contributed by atoms with E-state index >= 15 is 0 Å². The molecule has 0 aliphatic carbocycles. The number of carboxylic acids is 1. The Labute approximate surface area is 203 Å². The minimum absolute atomic E-state index is 0.322. The van der Waals surface area contributed by atoms with Crippen molar-refractivity contribution in [2.24, 2.45) is 0 Å². The topological polar surface area (TPSA) is 55.8 Å². The lowest BCUT2D eigenvalue weighted by Gasteiger charge is -2.15. The average Bonchev–Trinajstić information content (AvgIpc) is 2.82. The van der Waals surface area contributed by atoms with E-state index in [1.54, 1.807) is 0 Å². The van der Waals surface area contributed by atoms with Crippen LogP contribution in [0.4, 0.5) is 0 Å². The van der Waals surface area contributed by atoms with Crippen molar-refractivity contribution in [2.75, 3.05) is 13.2 Å². The maximum Gasteiger partial charge on any atom is 0.341 e. The summed E-state index contributed by atoms with van der Waals surface area (Å²) >= 11 is 0. The van der Waals surface area contributed by atoms with Gasteiger partial charge in [0.1, 0.15) is 11.5 Å². The summed E-state index contributed by atoms with van der Waals surface area (Å²) in [6.07, 6.45) is 6.67. The van der Waals surface area contributed by atoms with Crippen molar-refractivity contribution in [3.8, 4) is 22.6 Å². The number of carbonyl (C=O) groups is 1. The van der Waals surface area contributed by atoms with Gasteiger partial charge < -0.3 is 14.6 Å². The van der Waals surface area contributed by atoms with Gasteiger partial charge in [0, 0.05) is 0 Å². The number of ether oxygens (including phenoxy) is 2. The fraction of sp³-hybridized carbons (Fsp3) is 0.367. The Morgan fingerprint density at radius 3 is 2.18 bits per heavy atom. The predicted molar refractivity (Wildman–Crippen MR) is 138 cm³/mol. The lowest BCUT2D eigenvalue weighted by Crippen LogP contribution is -2.09. The van der Waals surface area contributed by atoms with Crippen LogP contribution in [0.25, 0.3) is 11.1 Å². The zero-order valence-electron chi connectivity index (χ0n) is 20.6. The number of carboxylic acid groups (broad SMARTS) is 1. The van der Waals surface area contributed by atoms with E-state index in [0.29, 0.717) is 5.75 Å². The molecule has 3 aromatic rings. The van der Waals surface area contributed by atoms with Gasteiger partial charge in [0.2, 0.25) is 0 Å². The van der Waals surface area contributed by atoms with Crippen LogP contribution in [0.2, 0.25) is 0 Å². The number of aryl methyl sites for hydroxylation is 4. The third kappa shape index (κ3) is 7.65. The molecule has 0 heterocycles. The second-order valence-electron chi connectivity index (χ2n) is 8.87. The van der Waals surface area contributed by atoms with Crippen molar-refractivity contribution in [1.29, 1.82) is 0 Å². The van der Waals surface area contributed by atoms with E-state index in [-0.39, 0.29) is 6.61 Å². The van der Waals surface area contributed by atoms with E-state index in [1.165, 1.54) is 52.6 Å². The van der Waals surface area contributed by atoms with Crippen LogP contribution in [0.1, 0.15) is 54.9 Å². The van der Waals surface area contributed by atoms with E-state index in [0.717, 1.165) is 31.6 Å². The number of benzene rings is 3. The van der Waals surface area contributed by atoms with Gasteiger partial charge in [-0.05, 0) is 90.8 Å². The quantitative estimate of drug-likeness (QED) is 0.275. The van der Waals surface area contributed by atoms with Crippen LogP contribution >= 0.6 is 0 Å². The summed E-state index contributed by atoms with van der Waals surface area (Å²) in [6, 6.07) is 20.7. The van der Waals surface area contributed by atoms with Crippen molar-refractivity contribution in [3.05, 3.63) is 82.9 Å². The molecule has 3 aromatic carbocycles. The molecule has 0 saturated carbocycles. The Balaban J connectivity index is 1.62. The highest BCUT2D eigenvalue weighted by Crippen LogP contribution is 2.32. The first-order valence-electron chi connectivity index (χ1n) is 12.2. The molecule has 0 spiro atoms. The van der Waals surface area contributed by atoms with E-state index in [4.69, 9.17) is 14.6 Å². The number of hydrogen-bond donors (Lipinski definition) is 1. The van der Waals surface area contributed by atoms with Crippen molar-refractivity contribution in [2.45, 2.75) is 59.3 Å². The molecule has 0 aromatic heterocycles. The largest absolute Gasteiger partial charge is 0.494 e. The lowest BCUT2D eigenvalue weighted by atomic mass is 9.93. The standard InChI is InChI=1S/C30H36O4/c1-4-5-6-7-17-33-28-18-22(2)30(23(3)19-28)26-10-8-9-25(20-26)12-11-24-13-15-27(16-14-24)34-21-29(31)32/h8-10,13-16,18-20H,4-7,11-12,17,21H2,1-3H3,(H,31,32). The summed E-state index contributed by atoms with van der Waals surface area (Å²) in [7, 11) is 0. The minimum atomic E-state index is -0.973. The van der Waals surface area contributed by atoms with Gasteiger partial charge in [-0.1, -0.05) is 62.6 Å². The maximum atomic E-state index is 10.6. The fourth-order valence-electron chi connectivity index (χ4n) is 4.25. The SMILES string of the molecule is CCCCCCOc1cc(C)c(-c2cccc(CCc3ccc(OCC(=O)O)cc3)c2)c(C)c1. The van der Waals surface area contributed by atoms with Crippen LogP contribution in [0.15, 0.2) is 60.7 Å². The van der Waals surface area contributed by atoms with E-state index in [2.05, 4.69) is 57.2 Å². The third-order valence-corrected chi connectivity index (χ3v) is 5.98. The fourth-order valence-corrected chi connectivity index (χ4v) is 4.25. The highest BCUT2D eigenvalue weighted by Gasteiger charge is 2.10. The summed E-state index contributed by atoms with van der Waals surface area (Å²) in [4.78, 5) is 10.6. The van der Waals surface area contributed by atoms with Gasteiger partial charge in [-0.2, -0.15) is 0 Å². The van der Waals surface area contributed by atoms with Gasteiger partial charge in [0.25, 0.3) is 0 Å². The van der Waals surface area contributed by atoms with E-state index in [1.807, 2.05) is 24.3 Å². The normalized spacial score (nSPS) is 10.8. The highest BCUT2D eigenvalue weighted by molar-refractivity contribution is 5.72. The smallest absolute Gasteiger partial charge is 0.341 e. The molecular formula is C30H36O4. The van der Waals surface area contributed by atoms with Crippen LogP contribution in [0.5, 0.6) is 11.5 Å². The molecule has 4 heteroatoms. The Kier molecular flexibility index (Phi) is 9.57. The van der Waals surface area contributed by atoms with Gasteiger partial charge in [0.15, 0.2) is 6.61 Å². The van der Waals surface area contributed by atoms with Crippen LogP contribution in [0, 0.1) is 13.8 Å². The number of aliphatic carboxylic acids is 1. The Morgan fingerprint density at radius 2 is 1.50 bits per heavy atom. The summed E-state index contributed by atoms with van der Waals surface area (Å²) in [5.74, 6) is 0.564. The van der Waals surface area contributed by atoms with Crippen LogP contribution in [-0.2, 0) is 17.6 Å². The number of hydrogen-bond acceptors (Lipinski definition) is 3. The molecule has 34 heavy (non-hydrogen) atoms. The molecule has 0 amide bonds. The van der Waals surface area contributed by atoms with E-state index in [9.17, 15) is 4.79 Å². The molecule has 180 valence electrons. The Bertz CT molecular complexity index is 1050. The second kappa shape index (κ2) is 12.8. The molecule has 0 aliphatic rings. The van der Waals surface area contributed by atoms with Gasteiger partial charge in [-0.25, -0.2) is 4.79 Å². The zero-order chi connectivity index (χ0) is 24.3. The Morgan fingerprint density at radius 1 is 0.794 bits per heavy atom. The Hall–Kier alpha value is -3.27. The van der Waals surface area contributed by atoms with E-state index < -0.39 is 5.97 Å². The molecule has 3 rings (SSSR count). The summed E-state index contributed by atoms with van der Waals surface area (Å²) in [5.41, 5.74) is 7.47. The van der Waals surface area contributed by atoms with Crippen molar-refractivity contribution < 1.29 is 19.4 Å². The second-order valence-corrected chi connectivity index (χ2v) is 8.87. The average molecular weight is 461 g/mol. The van der Waals surface area contributed by atoms with Crippen LogP contribution < -0.4 is 9.47 Å². The molecule has 0 atom stereocenters. The lowest BCUT2D eigenvalue weighted by molar-refractivity contribution is -0.139. The molecular weight excluding hydrogens is 424 g/mol. The van der Waals surface area contributed by atoms with Gasteiger partial charge >= 0.3 is 5.97 Å². The third-order valence-electron chi connectivity index (χ3n) is 5.98. The van der Waals surface area contributed by atoms with Crippen molar-refractivity contribution in [3.63, 3.8) is 0 Å². The molecule has 4 nitrogen and oxygen atoms in total. The molecule has 0 aliphatic heterocycles. The zero-order valence-corrected chi connectivity index (χ0v) is 20.6. The minimum Gasteiger partial charge on any atom is -0.494 e. The molecule has 1 N–H and O–H groups in total. The molecule has 0 unspecified atom stereocenters. The first-order valence-corrected chi connectivity index (χ1v) is 12.2. The maximum absolute atomic E-state index is 10.6. The summed E-state index contributed by atoms with van der Waals surface area (Å²) < 4.78 is 11.2. The summed E-state index contributed by atoms with van der Waals surface area (Å²) in [5, 5.41) is 8.72. The van der Waals surface area contributed by atoms with Crippen molar-refractivity contribution in [1.82, 2.24) is 0 Å². The number of rotatable bonds is 13. The predicted octanol–water partition coefficient (Wildman–Crippen LogP) is 7.18. The molecule has 0 saturated heterocycles. The monoisotopic (exact) mass is 460 g/mol. The van der Waals surface area contributed by atoms with Crippen LogP contribution in [0.3, 0.4) is 0 Å². The number of unbranched alkanes of at least 4 members (excludes halogenated alkanes) is 3. The van der Waals surface area contributed by atoms with Crippen LogP contribution in [-0.4, -0.2) is 24.3 Å².